The lowest BCUT2D eigenvalue weighted by molar-refractivity contribution is -0.161. The van der Waals surface area contributed by atoms with Gasteiger partial charge in [-0.25, -0.2) is 0 Å². The number of carbonyl (C=O) groups excluding carboxylic acids is 2. The van der Waals surface area contributed by atoms with Crippen LogP contribution >= 0.6 is 0 Å². The minimum absolute atomic E-state index is 0.0824. The van der Waals surface area contributed by atoms with Crippen LogP contribution in [0.2, 0.25) is 0 Å². The molecule has 0 radical (unpaired) electrons. The number of unbranched alkanes of at least 4 members (excludes halogenated alkanes) is 15. The van der Waals surface area contributed by atoms with Crippen LogP contribution in [0.15, 0.2) is 60.8 Å². The number of aliphatic hydroxyl groups is 1. The number of aliphatic hydroxyl groups excluding tert-OH is 1. The molecule has 0 aliphatic rings. The predicted octanol–water partition coefficient (Wildman–Crippen LogP) is 11.6. The van der Waals surface area contributed by atoms with Gasteiger partial charge in [0.15, 0.2) is 6.10 Å². The van der Waals surface area contributed by atoms with Crippen molar-refractivity contribution in [1.29, 1.82) is 0 Å². The molecule has 0 saturated heterocycles. The third-order valence-electron chi connectivity index (χ3n) is 7.80. The molecule has 0 aliphatic heterocycles. The first kappa shape index (κ1) is 43.6. The SMILES string of the molecule is CCC=CCC=CCC=CCC=CCCCCCCC(=O)OCC(CO)OC(=O)CCCCCCCCCC=CCCCCCC. The average molecular weight is 643 g/mol. The Hall–Kier alpha value is -2.40. The van der Waals surface area contributed by atoms with E-state index in [4.69, 9.17) is 9.47 Å². The maximum absolute atomic E-state index is 12.1. The summed E-state index contributed by atoms with van der Waals surface area (Å²) in [6, 6.07) is 0. The van der Waals surface area contributed by atoms with Crippen LogP contribution in [0.3, 0.4) is 0 Å². The van der Waals surface area contributed by atoms with Gasteiger partial charge in [-0.2, -0.15) is 0 Å². The summed E-state index contributed by atoms with van der Waals surface area (Å²) in [6.07, 6.45) is 47.0. The topological polar surface area (TPSA) is 72.8 Å². The van der Waals surface area contributed by atoms with E-state index >= 15 is 0 Å². The molecule has 5 heteroatoms. The summed E-state index contributed by atoms with van der Waals surface area (Å²) < 4.78 is 10.6. The van der Waals surface area contributed by atoms with E-state index in [1.807, 2.05) is 0 Å². The second kappa shape index (κ2) is 37.1. The Morgan fingerprint density at radius 1 is 0.522 bits per heavy atom. The Labute approximate surface area is 283 Å². The van der Waals surface area contributed by atoms with E-state index in [1.165, 1.54) is 64.2 Å². The minimum atomic E-state index is -0.784. The lowest BCUT2D eigenvalue weighted by Crippen LogP contribution is -2.28. The van der Waals surface area contributed by atoms with E-state index in [-0.39, 0.29) is 25.2 Å². The fraction of sp³-hybridized carbons (Fsp3) is 0.707. The molecule has 1 N–H and O–H groups in total. The Morgan fingerprint density at radius 3 is 1.43 bits per heavy atom. The lowest BCUT2D eigenvalue weighted by Gasteiger charge is -2.15. The standard InChI is InChI=1S/C41H70O5/c1-3-5-7-9-11-13-15-17-19-20-22-23-25-27-29-31-33-35-40(43)45-38-39(37-42)46-41(44)36-34-32-30-28-26-24-21-18-16-14-12-10-8-6-4-2/h5,7,11,13-14,16-17,19,22-23,39,42H,3-4,6,8-10,12,15,18,20-21,24-38H2,1-2H3. The number of esters is 2. The quantitative estimate of drug-likeness (QED) is 0.0438. The molecule has 0 spiro atoms. The van der Waals surface area contributed by atoms with E-state index in [9.17, 15) is 14.7 Å². The summed E-state index contributed by atoms with van der Waals surface area (Å²) in [5.74, 6) is -0.628. The summed E-state index contributed by atoms with van der Waals surface area (Å²) in [5.41, 5.74) is 0. The van der Waals surface area contributed by atoms with E-state index in [0.29, 0.717) is 12.8 Å². The van der Waals surface area contributed by atoms with Crippen molar-refractivity contribution in [3.8, 4) is 0 Å². The van der Waals surface area contributed by atoms with Crippen molar-refractivity contribution < 1.29 is 24.2 Å². The highest BCUT2D eigenvalue weighted by molar-refractivity contribution is 5.70. The van der Waals surface area contributed by atoms with Gasteiger partial charge in [-0.3, -0.25) is 9.59 Å². The van der Waals surface area contributed by atoms with Crippen LogP contribution in [-0.4, -0.2) is 36.4 Å². The van der Waals surface area contributed by atoms with Crippen LogP contribution in [0.1, 0.15) is 168 Å². The van der Waals surface area contributed by atoms with Crippen LogP contribution in [0.25, 0.3) is 0 Å². The summed E-state index contributed by atoms with van der Waals surface area (Å²) in [6.45, 7) is 3.97. The van der Waals surface area contributed by atoms with Crippen molar-refractivity contribution >= 4 is 11.9 Å². The molecule has 0 aromatic heterocycles. The van der Waals surface area contributed by atoms with E-state index in [2.05, 4.69) is 74.6 Å². The lowest BCUT2D eigenvalue weighted by atomic mass is 10.1. The van der Waals surface area contributed by atoms with Crippen LogP contribution in [0.4, 0.5) is 0 Å². The minimum Gasteiger partial charge on any atom is -0.462 e. The smallest absolute Gasteiger partial charge is 0.306 e. The molecule has 0 aromatic carbocycles. The van der Waals surface area contributed by atoms with Crippen molar-refractivity contribution in [2.45, 2.75) is 174 Å². The maximum Gasteiger partial charge on any atom is 0.306 e. The maximum atomic E-state index is 12.1. The summed E-state index contributed by atoms with van der Waals surface area (Å²) in [5, 5.41) is 9.54. The third-order valence-corrected chi connectivity index (χ3v) is 7.80. The molecule has 0 heterocycles. The summed E-state index contributed by atoms with van der Waals surface area (Å²) in [4.78, 5) is 24.2. The molecule has 264 valence electrons. The number of hydrogen-bond acceptors (Lipinski definition) is 5. The van der Waals surface area contributed by atoms with Gasteiger partial charge in [-0.1, -0.05) is 139 Å². The first-order valence-electron chi connectivity index (χ1n) is 18.8. The molecule has 0 amide bonds. The van der Waals surface area contributed by atoms with Crippen molar-refractivity contribution in [1.82, 2.24) is 0 Å². The van der Waals surface area contributed by atoms with Gasteiger partial charge in [-0.05, 0) is 77.0 Å². The van der Waals surface area contributed by atoms with Crippen molar-refractivity contribution in [2.75, 3.05) is 13.2 Å². The zero-order valence-electron chi connectivity index (χ0n) is 29.8. The zero-order valence-corrected chi connectivity index (χ0v) is 29.8. The Kier molecular flexibility index (Phi) is 35.1. The normalized spacial score (nSPS) is 12.8. The van der Waals surface area contributed by atoms with Crippen molar-refractivity contribution in [3.63, 3.8) is 0 Å². The molecule has 46 heavy (non-hydrogen) atoms. The van der Waals surface area contributed by atoms with Gasteiger partial charge in [0.25, 0.3) is 0 Å². The Balaban J connectivity index is 3.64. The molecule has 5 nitrogen and oxygen atoms in total. The van der Waals surface area contributed by atoms with Gasteiger partial charge in [0.2, 0.25) is 0 Å². The molecule has 0 saturated carbocycles. The van der Waals surface area contributed by atoms with E-state index in [1.54, 1.807) is 0 Å². The first-order chi connectivity index (χ1) is 22.6. The van der Waals surface area contributed by atoms with Crippen molar-refractivity contribution in [3.05, 3.63) is 60.8 Å². The fourth-order valence-electron chi connectivity index (χ4n) is 4.95. The molecule has 0 fully saturated rings. The third kappa shape index (κ3) is 34.5. The average Bonchev–Trinajstić information content (AvgIpc) is 3.06. The zero-order chi connectivity index (χ0) is 33.6. The second-order valence-electron chi connectivity index (χ2n) is 12.3. The van der Waals surface area contributed by atoms with Gasteiger partial charge in [0.1, 0.15) is 6.61 Å². The van der Waals surface area contributed by atoms with Crippen molar-refractivity contribution in [2.24, 2.45) is 0 Å². The summed E-state index contributed by atoms with van der Waals surface area (Å²) in [7, 11) is 0. The molecule has 0 aliphatic carbocycles. The highest BCUT2D eigenvalue weighted by Gasteiger charge is 2.16. The number of allylic oxidation sites excluding steroid dienone is 10. The number of rotatable bonds is 33. The van der Waals surface area contributed by atoms with E-state index < -0.39 is 6.10 Å². The van der Waals surface area contributed by atoms with Crippen LogP contribution in [0, 0.1) is 0 Å². The molecule has 0 aromatic rings. The predicted molar refractivity (Wildman–Crippen MR) is 196 cm³/mol. The molecular weight excluding hydrogens is 572 g/mol. The number of carbonyl (C=O) groups is 2. The van der Waals surface area contributed by atoms with Crippen LogP contribution in [-0.2, 0) is 19.1 Å². The van der Waals surface area contributed by atoms with Crippen LogP contribution < -0.4 is 0 Å². The van der Waals surface area contributed by atoms with Crippen LogP contribution in [0.5, 0.6) is 0 Å². The van der Waals surface area contributed by atoms with Gasteiger partial charge >= 0.3 is 11.9 Å². The molecule has 1 unspecified atom stereocenters. The highest BCUT2D eigenvalue weighted by atomic mass is 16.6. The van der Waals surface area contributed by atoms with Gasteiger partial charge in [0.05, 0.1) is 6.61 Å². The summed E-state index contributed by atoms with van der Waals surface area (Å²) >= 11 is 0. The van der Waals surface area contributed by atoms with Gasteiger partial charge < -0.3 is 14.6 Å². The molecular formula is C41H70O5. The highest BCUT2D eigenvalue weighted by Crippen LogP contribution is 2.12. The monoisotopic (exact) mass is 643 g/mol. The number of hydrogen-bond donors (Lipinski definition) is 1. The van der Waals surface area contributed by atoms with Gasteiger partial charge in [-0.15, -0.1) is 0 Å². The number of ether oxygens (including phenoxy) is 2. The van der Waals surface area contributed by atoms with Gasteiger partial charge in [0, 0.05) is 12.8 Å². The second-order valence-corrected chi connectivity index (χ2v) is 12.3. The molecule has 0 bridgehead atoms. The first-order valence-corrected chi connectivity index (χ1v) is 18.8. The van der Waals surface area contributed by atoms with E-state index in [0.717, 1.165) is 77.0 Å². The fourth-order valence-corrected chi connectivity index (χ4v) is 4.95. The Morgan fingerprint density at radius 2 is 0.935 bits per heavy atom. The molecule has 1 atom stereocenters. The molecule has 0 rings (SSSR count). The Bertz CT molecular complexity index is 823. The largest absolute Gasteiger partial charge is 0.462 e.